The third kappa shape index (κ3) is 3.49. The third-order valence-corrected chi connectivity index (χ3v) is 15.1. The summed E-state index contributed by atoms with van der Waals surface area (Å²) < 4.78 is 2.68. The van der Waals surface area contributed by atoms with E-state index in [9.17, 15) is 0 Å². The smallest absolute Gasteiger partial charge is 0.113 e. The Morgan fingerprint density at radius 3 is 1.80 bits per heavy atom. The molecule has 0 atom stereocenters. The Hall–Kier alpha value is -5.02. The van der Waals surface area contributed by atoms with E-state index in [0.29, 0.717) is 0 Å². The zero-order chi connectivity index (χ0) is 30.6. The molecule has 0 aliphatic carbocycles. The van der Waals surface area contributed by atoms with E-state index < -0.39 is 8.07 Å². The van der Waals surface area contributed by atoms with Crippen LogP contribution in [0.5, 0.6) is 0 Å². The molecule has 0 fully saturated rings. The van der Waals surface area contributed by atoms with Crippen LogP contribution in [0.25, 0.3) is 85.9 Å². The van der Waals surface area contributed by atoms with Crippen molar-refractivity contribution in [2.75, 3.05) is 0 Å². The molecule has 1 aliphatic rings. The van der Waals surface area contributed by atoms with Gasteiger partial charge in [0.25, 0.3) is 0 Å². The van der Waals surface area contributed by atoms with Gasteiger partial charge in [0.2, 0.25) is 0 Å². The molecule has 9 aromatic rings. The van der Waals surface area contributed by atoms with E-state index in [4.69, 9.17) is 0 Å². The Balaban J connectivity index is 1.45. The second kappa shape index (κ2) is 9.49. The molecule has 8 aromatic carbocycles. The van der Waals surface area contributed by atoms with E-state index in [1.807, 2.05) is 11.3 Å². The number of thiophene rings is 1. The van der Waals surface area contributed by atoms with Gasteiger partial charge in [-0.05, 0) is 94.3 Å². The lowest BCUT2D eigenvalue weighted by Gasteiger charge is -2.23. The molecule has 0 spiro atoms. The van der Waals surface area contributed by atoms with Crippen molar-refractivity contribution in [3.63, 3.8) is 0 Å². The molecule has 10 rings (SSSR count). The average Bonchev–Trinajstić information content (AvgIpc) is 3.59. The zero-order valence-electron chi connectivity index (χ0n) is 25.8. The van der Waals surface area contributed by atoms with Gasteiger partial charge in [-0.15, -0.1) is 11.3 Å². The lowest BCUT2D eigenvalue weighted by atomic mass is 9.83. The van der Waals surface area contributed by atoms with Crippen LogP contribution in [0.1, 0.15) is 0 Å². The highest BCUT2D eigenvalue weighted by Gasteiger charge is 2.38. The van der Waals surface area contributed by atoms with Crippen molar-refractivity contribution in [3.8, 4) is 33.4 Å². The Bertz CT molecular complexity index is 2720. The second-order valence-corrected chi connectivity index (χ2v) is 18.6. The van der Waals surface area contributed by atoms with Gasteiger partial charge >= 0.3 is 0 Å². The molecule has 216 valence electrons. The molecule has 0 saturated carbocycles. The van der Waals surface area contributed by atoms with Crippen LogP contribution in [0.4, 0.5) is 0 Å². The standard InChI is InChI=1S/C44H30SSi/c1-46(2)40-24-10-8-16-29(40)35-25-36-37(26-41(35)46)42(30-20-11-14-27-13-3-4-15-28(27)30)31-17-5-6-18-32(31)43(36)34-21-12-23-39-44(34)33-19-7-9-22-38(33)45-39/h3-26H,1-2H3. The second-order valence-electron chi connectivity index (χ2n) is 13.2. The number of benzene rings is 8. The molecular weight excluding hydrogens is 589 g/mol. The van der Waals surface area contributed by atoms with Crippen LogP contribution in [-0.4, -0.2) is 8.07 Å². The molecule has 0 saturated heterocycles. The third-order valence-electron chi connectivity index (χ3n) is 10.5. The van der Waals surface area contributed by atoms with Crippen LogP contribution in [0.3, 0.4) is 0 Å². The van der Waals surface area contributed by atoms with Gasteiger partial charge in [-0.1, -0.05) is 140 Å². The molecule has 2 heterocycles. The predicted molar refractivity (Wildman–Crippen MR) is 205 cm³/mol. The maximum atomic E-state index is 2.61. The van der Waals surface area contributed by atoms with E-state index in [0.717, 1.165) is 0 Å². The largest absolute Gasteiger partial charge is 0.135 e. The summed E-state index contributed by atoms with van der Waals surface area (Å²) in [5.41, 5.74) is 8.15. The minimum Gasteiger partial charge on any atom is -0.135 e. The number of fused-ring (bicyclic) bond motifs is 9. The van der Waals surface area contributed by atoms with Crippen molar-refractivity contribution in [2.24, 2.45) is 0 Å². The summed E-state index contributed by atoms with van der Waals surface area (Å²) in [5.74, 6) is 0. The van der Waals surface area contributed by atoms with E-state index in [1.165, 1.54) is 85.9 Å². The summed E-state index contributed by atoms with van der Waals surface area (Å²) in [7, 11) is -1.91. The van der Waals surface area contributed by atoms with E-state index in [2.05, 4.69) is 159 Å². The highest BCUT2D eigenvalue weighted by molar-refractivity contribution is 7.26. The quantitative estimate of drug-likeness (QED) is 0.134. The highest BCUT2D eigenvalue weighted by atomic mass is 32.1. The molecule has 0 bridgehead atoms. The van der Waals surface area contributed by atoms with E-state index in [1.54, 1.807) is 10.4 Å². The van der Waals surface area contributed by atoms with E-state index >= 15 is 0 Å². The molecule has 0 N–H and O–H groups in total. The van der Waals surface area contributed by atoms with Gasteiger partial charge in [0.15, 0.2) is 0 Å². The first kappa shape index (κ1) is 26.2. The van der Waals surface area contributed by atoms with Crippen molar-refractivity contribution in [1.29, 1.82) is 0 Å². The summed E-state index contributed by atoms with van der Waals surface area (Å²) in [6.07, 6.45) is 0. The minimum absolute atomic E-state index is 1.28. The molecule has 2 heteroatoms. The number of hydrogen-bond acceptors (Lipinski definition) is 1. The summed E-state index contributed by atoms with van der Waals surface area (Å²) in [6.45, 7) is 5.06. The molecule has 0 unspecified atom stereocenters. The summed E-state index contributed by atoms with van der Waals surface area (Å²) in [4.78, 5) is 0. The lowest BCUT2D eigenvalue weighted by Crippen LogP contribution is -2.49. The predicted octanol–water partition coefficient (Wildman–Crippen LogP) is 11.7. The Kier molecular flexibility index (Phi) is 5.41. The van der Waals surface area contributed by atoms with Crippen molar-refractivity contribution in [3.05, 3.63) is 146 Å². The lowest BCUT2D eigenvalue weighted by molar-refractivity contribution is 1.69. The maximum Gasteiger partial charge on any atom is 0.113 e. The molecule has 0 amide bonds. The topological polar surface area (TPSA) is 0 Å². The molecular formula is C44H30SSi. The normalized spacial score (nSPS) is 13.6. The SMILES string of the molecule is C[Si]1(C)c2ccccc2-c2cc3c(-c4cccc5sc6ccccc6c45)c4ccccc4c(-c4cccc5ccccc45)c3cc21. The first-order valence-electron chi connectivity index (χ1n) is 16.1. The van der Waals surface area contributed by atoms with Crippen molar-refractivity contribution >= 4 is 82.3 Å². The van der Waals surface area contributed by atoms with Gasteiger partial charge in [0.1, 0.15) is 8.07 Å². The van der Waals surface area contributed by atoms with Crippen LogP contribution < -0.4 is 10.4 Å². The Morgan fingerprint density at radius 2 is 0.957 bits per heavy atom. The fraction of sp³-hybridized carbons (Fsp3) is 0.0455. The number of hydrogen-bond donors (Lipinski definition) is 0. The van der Waals surface area contributed by atoms with Crippen LogP contribution in [0, 0.1) is 0 Å². The monoisotopic (exact) mass is 618 g/mol. The van der Waals surface area contributed by atoms with Crippen LogP contribution >= 0.6 is 11.3 Å². The van der Waals surface area contributed by atoms with E-state index in [-0.39, 0.29) is 0 Å². The number of rotatable bonds is 2. The van der Waals surface area contributed by atoms with Crippen molar-refractivity contribution in [2.45, 2.75) is 13.1 Å². The Morgan fingerprint density at radius 1 is 0.391 bits per heavy atom. The fourth-order valence-corrected chi connectivity index (χ4v) is 12.6. The van der Waals surface area contributed by atoms with Gasteiger partial charge in [-0.3, -0.25) is 0 Å². The average molecular weight is 619 g/mol. The first-order chi connectivity index (χ1) is 22.6. The summed E-state index contributed by atoms with van der Waals surface area (Å²) in [5, 5.41) is 13.7. The van der Waals surface area contributed by atoms with Crippen molar-refractivity contribution < 1.29 is 0 Å². The fourth-order valence-electron chi connectivity index (χ4n) is 8.38. The van der Waals surface area contributed by atoms with Crippen LogP contribution in [0.15, 0.2) is 146 Å². The molecule has 0 nitrogen and oxygen atoms in total. The molecule has 0 radical (unpaired) electrons. The van der Waals surface area contributed by atoms with Gasteiger partial charge in [-0.25, -0.2) is 0 Å². The van der Waals surface area contributed by atoms with Gasteiger partial charge < -0.3 is 0 Å². The first-order valence-corrected chi connectivity index (χ1v) is 19.9. The van der Waals surface area contributed by atoms with Crippen LogP contribution in [-0.2, 0) is 0 Å². The molecule has 46 heavy (non-hydrogen) atoms. The summed E-state index contributed by atoms with van der Waals surface area (Å²) in [6, 6.07) is 55.0. The minimum atomic E-state index is -1.91. The summed E-state index contributed by atoms with van der Waals surface area (Å²) >= 11 is 1.90. The van der Waals surface area contributed by atoms with Crippen LogP contribution in [0.2, 0.25) is 13.1 Å². The Labute approximate surface area is 273 Å². The zero-order valence-corrected chi connectivity index (χ0v) is 27.6. The van der Waals surface area contributed by atoms with Gasteiger partial charge in [0, 0.05) is 20.2 Å². The van der Waals surface area contributed by atoms with Gasteiger partial charge in [0.05, 0.1) is 0 Å². The molecule has 1 aromatic heterocycles. The van der Waals surface area contributed by atoms with Gasteiger partial charge in [-0.2, -0.15) is 0 Å². The highest BCUT2D eigenvalue weighted by Crippen LogP contribution is 2.49. The maximum absolute atomic E-state index is 2.61. The molecule has 1 aliphatic heterocycles. The van der Waals surface area contributed by atoms with Crippen molar-refractivity contribution in [1.82, 2.24) is 0 Å².